The average Bonchev–Trinajstić information content (AvgIpc) is 2.70. The van der Waals surface area contributed by atoms with Gasteiger partial charge in [0.05, 0.1) is 12.0 Å². The van der Waals surface area contributed by atoms with Gasteiger partial charge in [-0.05, 0) is 49.8 Å². The summed E-state index contributed by atoms with van der Waals surface area (Å²) >= 11 is 0. The van der Waals surface area contributed by atoms with E-state index in [1.165, 1.54) is 0 Å². The van der Waals surface area contributed by atoms with Gasteiger partial charge in [0, 0.05) is 31.0 Å². The smallest absolute Gasteiger partial charge is 0.312 e. The van der Waals surface area contributed by atoms with Gasteiger partial charge in [0.25, 0.3) is 0 Å². The molecule has 170 valence electrons. The molecule has 1 aliphatic rings. The lowest BCUT2D eigenvalue weighted by molar-refractivity contribution is -0.148. The number of rotatable bonds is 13. The molecule has 1 fully saturated rings. The SMILES string of the molecule is CCCC(=O)C1(C(=O)C[C@@H](CCCNC(N)=O)C(=O)Nc2ccc(CO)cc2)CCC1. The van der Waals surface area contributed by atoms with Gasteiger partial charge in [0.1, 0.15) is 11.6 Å². The Hall–Kier alpha value is -2.74. The maximum Gasteiger partial charge on any atom is 0.312 e. The summed E-state index contributed by atoms with van der Waals surface area (Å²) < 4.78 is 0. The molecule has 2 rings (SSSR count). The monoisotopic (exact) mass is 431 g/mol. The van der Waals surface area contributed by atoms with Crippen LogP contribution in [0.5, 0.6) is 0 Å². The molecule has 0 bridgehead atoms. The van der Waals surface area contributed by atoms with Crippen molar-refractivity contribution in [1.29, 1.82) is 0 Å². The lowest BCUT2D eigenvalue weighted by Crippen LogP contribution is -2.46. The fourth-order valence-corrected chi connectivity index (χ4v) is 3.95. The van der Waals surface area contributed by atoms with Gasteiger partial charge in [0.15, 0.2) is 0 Å². The zero-order valence-corrected chi connectivity index (χ0v) is 18.1. The number of aliphatic hydroxyl groups is 1. The number of amides is 3. The third-order valence-electron chi connectivity index (χ3n) is 5.99. The molecule has 0 spiro atoms. The zero-order valence-electron chi connectivity index (χ0n) is 18.1. The van der Waals surface area contributed by atoms with Gasteiger partial charge < -0.3 is 21.5 Å². The Balaban J connectivity index is 2.08. The summed E-state index contributed by atoms with van der Waals surface area (Å²) in [6.07, 6.45) is 3.89. The van der Waals surface area contributed by atoms with Crippen molar-refractivity contribution >= 4 is 29.2 Å². The van der Waals surface area contributed by atoms with E-state index in [2.05, 4.69) is 10.6 Å². The van der Waals surface area contributed by atoms with Crippen LogP contribution in [0.25, 0.3) is 0 Å². The van der Waals surface area contributed by atoms with Crippen molar-refractivity contribution in [2.45, 2.75) is 64.9 Å². The summed E-state index contributed by atoms with van der Waals surface area (Å²) in [7, 11) is 0. The molecule has 5 N–H and O–H groups in total. The normalized spacial score (nSPS) is 15.4. The second-order valence-electron chi connectivity index (χ2n) is 8.21. The first-order valence-corrected chi connectivity index (χ1v) is 10.9. The highest BCUT2D eigenvalue weighted by atomic mass is 16.3. The molecular weight excluding hydrogens is 398 g/mol. The second kappa shape index (κ2) is 11.6. The number of hydrogen-bond acceptors (Lipinski definition) is 5. The van der Waals surface area contributed by atoms with Crippen LogP contribution in [-0.2, 0) is 21.0 Å². The molecule has 0 aromatic heterocycles. The van der Waals surface area contributed by atoms with Gasteiger partial charge in [-0.25, -0.2) is 4.79 Å². The molecule has 1 aliphatic carbocycles. The first-order chi connectivity index (χ1) is 14.8. The molecule has 31 heavy (non-hydrogen) atoms. The topological polar surface area (TPSA) is 139 Å². The number of urea groups is 1. The average molecular weight is 432 g/mol. The minimum atomic E-state index is -0.928. The Bertz CT molecular complexity index is 787. The number of carbonyl (C=O) groups is 4. The van der Waals surface area contributed by atoms with E-state index in [-0.39, 0.29) is 30.5 Å². The third kappa shape index (κ3) is 6.62. The first-order valence-electron chi connectivity index (χ1n) is 10.9. The van der Waals surface area contributed by atoms with Crippen molar-refractivity contribution in [3.63, 3.8) is 0 Å². The van der Waals surface area contributed by atoms with Crippen molar-refractivity contribution in [2.75, 3.05) is 11.9 Å². The van der Waals surface area contributed by atoms with Gasteiger partial charge in [-0.15, -0.1) is 0 Å². The maximum absolute atomic E-state index is 13.1. The molecule has 1 aromatic carbocycles. The minimum Gasteiger partial charge on any atom is -0.392 e. The fourth-order valence-electron chi connectivity index (χ4n) is 3.95. The van der Waals surface area contributed by atoms with Crippen molar-refractivity contribution in [2.24, 2.45) is 17.1 Å². The number of benzene rings is 1. The Kier molecular flexibility index (Phi) is 9.18. The highest BCUT2D eigenvalue weighted by Crippen LogP contribution is 2.45. The number of Topliss-reactive ketones (excluding diaryl/α,β-unsaturated/α-hetero) is 2. The number of ketones is 2. The molecule has 0 heterocycles. The summed E-state index contributed by atoms with van der Waals surface area (Å²) in [6.45, 7) is 2.13. The largest absolute Gasteiger partial charge is 0.392 e. The molecule has 1 aromatic rings. The Morgan fingerprint density at radius 1 is 1.13 bits per heavy atom. The van der Waals surface area contributed by atoms with E-state index in [9.17, 15) is 19.2 Å². The lowest BCUT2D eigenvalue weighted by atomic mass is 9.61. The minimum absolute atomic E-state index is 0.00736. The van der Waals surface area contributed by atoms with Crippen LogP contribution in [0.15, 0.2) is 24.3 Å². The predicted octanol–water partition coefficient (Wildman–Crippen LogP) is 2.68. The Morgan fingerprint density at radius 3 is 2.32 bits per heavy atom. The van der Waals surface area contributed by atoms with E-state index in [0.717, 1.165) is 12.0 Å². The van der Waals surface area contributed by atoms with E-state index in [1.54, 1.807) is 24.3 Å². The van der Waals surface area contributed by atoms with Crippen molar-refractivity contribution in [3.05, 3.63) is 29.8 Å². The summed E-state index contributed by atoms with van der Waals surface area (Å²) in [5, 5.41) is 14.5. The predicted molar refractivity (Wildman–Crippen MR) is 117 cm³/mol. The van der Waals surface area contributed by atoms with Gasteiger partial charge in [-0.3, -0.25) is 14.4 Å². The van der Waals surface area contributed by atoms with Crippen LogP contribution in [-0.4, -0.2) is 35.2 Å². The maximum atomic E-state index is 13.1. The van der Waals surface area contributed by atoms with Gasteiger partial charge in [0.2, 0.25) is 5.91 Å². The van der Waals surface area contributed by atoms with Crippen molar-refractivity contribution < 1.29 is 24.3 Å². The highest BCUT2D eigenvalue weighted by Gasteiger charge is 2.49. The lowest BCUT2D eigenvalue weighted by Gasteiger charge is -2.39. The number of carbonyl (C=O) groups excluding carboxylic acids is 4. The Morgan fingerprint density at radius 2 is 1.81 bits per heavy atom. The van der Waals surface area contributed by atoms with Gasteiger partial charge in [-0.2, -0.15) is 0 Å². The highest BCUT2D eigenvalue weighted by molar-refractivity contribution is 6.09. The van der Waals surface area contributed by atoms with E-state index in [4.69, 9.17) is 10.8 Å². The summed E-state index contributed by atoms with van der Waals surface area (Å²) in [5.41, 5.74) is 5.44. The number of nitrogens with one attached hydrogen (secondary N) is 2. The van der Waals surface area contributed by atoms with Crippen LogP contribution < -0.4 is 16.4 Å². The van der Waals surface area contributed by atoms with Crippen LogP contribution in [0.3, 0.4) is 0 Å². The first kappa shape index (κ1) is 24.5. The molecule has 0 aliphatic heterocycles. The van der Waals surface area contributed by atoms with E-state index in [0.29, 0.717) is 50.8 Å². The van der Waals surface area contributed by atoms with Crippen LogP contribution in [0.4, 0.5) is 10.5 Å². The molecule has 8 heteroatoms. The molecule has 1 saturated carbocycles. The fraction of sp³-hybridized carbons (Fsp3) is 0.565. The van der Waals surface area contributed by atoms with E-state index in [1.807, 2.05) is 6.92 Å². The van der Waals surface area contributed by atoms with E-state index >= 15 is 0 Å². The van der Waals surface area contributed by atoms with Crippen LogP contribution in [0.2, 0.25) is 0 Å². The van der Waals surface area contributed by atoms with Crippen molar-refractivity contribution in [3.8, 4) is 0 Å². The van der Waals surface area contributed by atoms with Gasteiger partial charge in [-0.1, -0.05) is 25.5 Å². The number of anilines is 1. The number of nitrogens with two attached hydrogens (primary N) is 1. The molecule has 0 saturated heterocycles. The summed E-state index contributed by atoms with van der Waals surface area (Å²) in [4.78, 5) is 49.6. The third-order valence-corrected chi connectivity index (χ3v) is 5.99. The molecule has 0 radical (unpaired) electrons. The molecular formula is C23H33N3O5. The molecule has 1 atom stereocenters. The molecule has 0 unspecified atom stereocenters. The van der Waals surface area contributed by atoms with Gasteiger partial charge >= 0.3 is 6.03 Å². The summed E-state index contributed by atoms with van der Waals surface area (Å²) in [5.74, 6) is -1.09. The number of primary amides is 1. The molecule has 3 amide bonds. The zero-order chi connectivity index (χ0) is 22.9. The van der Waals surface area contributed by atoms with Crippen molar-refractivity contribution in [1.82, 2.24) is 5.32 Å². The summed E-state index contributed by atoms with van der Waals surface area (Å²) in [6, 6.07) is 6.16. The quantitative estimate of drug-likeness (QED) is 0.281. The molecule has 8 nitrogen and oxygen atoms in total. The second-order valence-corrected chi connectivity index (χ2v) is 8.21. The Labute approximate surface area is 183 Å². The van der Waals surface area contributed by atoms with Crippen LogP contribution in [0.1, 0.15) is 63.9 Å². The van der Waals surface area contributed by atoms with Crippen LogP contribution in [0, 0.1) is 11.3 Å². The number of hydrogen-bond donors (Lipinski definition) is 4. The standard InChI is InChI=1S/C23H33N3O5/c1-2-5-19(28)23(11-4-12-23)20(29)14-17(6-3-13-25-22(24)31)21(30)26-18-9-7-16(15-27)8-10-18/h7-10,17,27H,2-6,11-15H2,1H3,(H,26,30)(H3,24,25,31)/t17-/m1/s1. The van der Waals surface area contributed by atoms with E-state index < -0.39 is 17.4 Å². The van der Waals surface area contributed by atoms with Crippen LogP contribution >= 0.6 is 0 Å². The number of aliphatic hydroxyl groups excluding tert-OH is 1.